The summed E-state index contributed by atoms with van der Waals surface area (Å²) in [6, 6.07) is 0.714. The first-order valence-electron chi connectivity index (χ1n) is 23.7. The van der Waals surface area contributed by atoms with Crippen molar-refractivity contribution in [2.45, 2.75) is 232 Å². The summed E-state index contributed by atoms with van der Waals surface area (Å²) < 4.78 is 0. The van der Waals surface area contributed by atoms with Crippen LogP contribution >= 0.6 is 0 Å². The molecule has 1 saturated heterocycles. The molecule has 5 saturated carbocycles. The van der Waals surface area contributed by atoms with Crippen LogP contribution in [0.25, 0.3) is 0 Å². The molecule has 8 bridgehead atoms. The topological polar surface area (TPSA) is 12.0 Å². The van der Waals surface area contributed by atoms with Gasteiger partial charge in [0.2, 0.25) is 0 Å². The summed E-state index contributed by atoms with van der Waals surface area (Å²) in [5.41, 5.74) is 0.613. The van der Waals surface area contributed by atoms with Gasteiger partial charge in [0, 0.05) is 6.04 Å². The first-order chi connectivity index (χ1) is 24.0. The third kappa shape index (κ3) is 11.2. The largest absolute Gasteiger partial charge is 0.314 e. The maximum atomic E-state index is 4.11. The van der Waals surface area contributed by atoms with Crippen LogP contribution < -0.4 is 5.32 Å². The lowest BCUT2D eigenvalue weighted by Crippen LogP contribution is -2.42. The predicted octanol–water partition coefficient (Wildman–Crippen LogP) is 14.7. The van der Waals surface area contributed by atoms with Crippen molar-refractivity contribution >= 4 is 0 Å². The maximum Gasteiger partial charge on any atom is 0.00670 e. The van der Waals surface area contributed by atoms with Gasteiger partial charge in [-0.05, 0) is 155 Å². The first kappa shape index (κ1) is 38.7. The predicted molar refractivity (Wildman–Crippen MR) is 214 cm³/mol. The SMILES string of the molecule is CC1CCCC2CCC(C1)CC1CCCCNC(C)C3CCCC(CCC(C1)C3)C1(CCCCC3CCCCCC(C)C1CCCC3)CC2. The Morgan fingerprint density at radius 1 is 0.408 bits per heavy atom. The number of hydrogen-bond acceptors (Lipinski definition) is 1. The van der Waals surface area contributed by atoms with Crippen molar-refractivity contribution in [3.05, 3.63) is 0 Å². The van der Waals surface area contributed by atoms with E-state index >= 15 is 0 Å². The molecule has 6 aliphatic rings. The van der Waals surface area contributed by atoms with E-state index in [2.05, 4.69) is 26.1 Å². The third-order valence-electron chi connectivity index (χ3n) is 17.2. The second kappa shape index (κ2) is 19.9. The van der Waals surface area contributed by atoms with Crippen molar-refractivity contribution in [3.63, 3.8) is 0 Å². The molecule has 0 aromatic carbocycles. The summed E-state index contributed by atoms with van der Waals surface area (Å²) in [5, 5.41) is 4.11. The van der Waals surface area contributed by atoms with Crippen LogP contribution in [-0.2, 0) is 0 Å². The molecule has 1 aliphatic heterocycles. The molecule has 1 N–H and O–H groups in total. The number of nitrogens with one attached hydrogen (secondary N) is 1. The Balaban J connectivity index is 1.39. The quantitative estimate of drug-likeness (QED) is 0.269. The monoisotopic (exact) mass is 678 g/mol. The van der Waals surface area contributed by atoms with E-state index in [9.17, 15) is 0 Å². The van der Waals surface area contributed by atoms with Gasteiger partial charge in [-0.2, -0.15) is 0 Å². The van der Waals surface area contributed by atoms with E-state index in [4.69, 9.17) is 0 Å². The lowest BCUT2D eigenvalue weighted by Gasteiger charge is -2.51. The molecular formula is C48H87N. The van der Waals surface area contributed by atoms with Crippen LogP contribution in [0.1, 0.15) is 226 Å². The highest BCUT2D eigenvalue weighted by molar-refractivity contribution is 4.97. The van der Waals surface area contributed by atoms with Gasteiger partial charge in [0.05, 0.1) is 0 Å². The van der Waals surface area contributed by atoms with Gasteiger partial charge < -0.3 is 5.32 Å². The minimum absolute atomic E-state index is 0.613. The maximum absolute atomic E-state index is 4.11. The molecule has 0 radical (unpaired) electrons. The summed E-state index contributed by atoms with van der Waals surface area (Å²) in [4.78, 5) is 0. The molecular weight excluding hydrogens is 591 g/mol. The lowest BCUT2D eigenvalue weighted by atomic mass is 9.54. The van der Waals surface area contributed by atoms with Crippen LogP contribution in [0.2, 0.25) is 0 Å². The fraction of sp³-hybridized carbons (Fsp3) is 1.00. The second-order valence-electron chi connectivity index (χ2n) is 20.6. The molecule has 0 aromatic heterocycles. The van der Waals surface area contributed by atoms with Crippen molar-refractivity contribution in [3.8, 4) is 0 Å². The van der Waals surface area contributed by atoms with E-state index in [-0.39, 0.29) is 0 Å². The summed E-state index contributed by atoms with van der Waals surface area (Å²) >= 11 is 0. The van der Waals surface area contributed by atoms with Crippen LogP contribution in [0.4, 0.5) is 0 Å². The Labute approximate surface area is 307 Å². The fourth-order valence-electron chi connectivity index (χ4n) is 14.3. The Morgan fingerprint density at radius 3 is 1.90 bits per heavy atom. The number of rotatable bonds is 0. The van der Waals surface area contributed by atoms with Crippen molar-refractivity contribution in [1.29, 1.82) is 0 Å². The van der Waals surface area contributed by atoms with Gasteiger partial charge in [0.25, 0.3) is 0 Å². The van der Waals surface area contributed by atoms with Gasteiger partial charge in [-0.3, -0.25) is 0 Å². The average molecular weight is 678 g/mol. The summed E-state index contributed by atoms with van der Waals surface area (Å²) in [5.74, 6) is 9.80. The first-order valence-corrected chi connectivity index (χ1v) is 23.7. The van der Waals surface area contributed by atoms with Gasteiger partial charge in [-0.15, -0.1) is 0 Å². The van der Waals surface area contributed by atoms with Gasteiger partial charge in [-0.25, -0.2) is 0 Å². The molecule has 1 spiro atoms. The molecule has 5 aliphatic carbocycles. The van der Waals surface area contributed by atoms with Crippen molar-refractivity contribution in [1.82, 2.24) is 5.32 Å². The fourth-order valence-corrected chi connectivity index (χ4v) is 14.3. The highest BCUT2D eigenvalue weighted by Crippen LogP contribution is 2.56. The van der Waals surface area contributed by atoms with E-state index in [1.807, 2.05) is 0 Å². The van der Waals surface area contributed by atoms with E-state index in [1.54, 1.807) is 122 Å². The summed E-state index contributed by atoms with van der Waals surface area (Å²) in [7, 11) is 0. The van der Waals surface area contributed by atoms with Gasteiger partial charge >= 0.3 is 0 Å². The molecule has 6 rings (SSSR count). The molecule has 1 heteroatoms. The van der Waals surface area contributed by atoms with Crippen molar-refractivity contribution < 1.29 is 0 Å². The average Bonchev–Trinajstić information content (AvgIpc) is 3.20. The molecule has 0 amide bonds. The van der Waals surface area contributed by atoms with Gasteiger partial charge in [0.15, 0.2) is 0 Å². The Bertz CT molecular complexity index is 911. The summed E-state index contributed by atoms with van der Waals surface area (Å²) in [6.45, 7) is 9.29. The molecule has 12 unspecified atom stereocenters. The smallest absolute Gasteiger partial charge is 0.00670 e. The van der Waals surface area contributed by atoms with Crippen LogP contribution in [0.5, 0.6) is 0 Å². The second-order valence-corrected chi connectivity index (χ2v) is 20.6. The zero-order valence-electron chi connectivity index (χ0n) is 33.7. The highest BCUT2D eigenvalue weighted by atomic mass is 14.9. The zero-order valence-corrected chi connectivity index (χ0v) is 33.7. The lowest BCUT2D eigenvalue weighted by molar-refractivity contribution is -0.0143. The Hall–Kier alpha value is -0.0400. The zero-order chi connectivity index (χ0) is 33.9. The molecule has 1 heterocycles. The van der Waals surface area contributed by atoms with E-state index in [0.717, 1.165) is 59.2 Å². The van der Waals surface area contributed by atoms with Crippen molar-refractivity contribution in [2.75, 3.05) is 6.54 Å². The van der Waals surface area contributed by atoms with Gasteiger partial charge in [-0.1, -0.05) is 142 Å². The Kier molecular flexibility index (Phi) is 15.7. The minimum atomic E-state index is 0.613. The van der Waals surface area contributed by atoms with E-state index in [1.165, 1.54) is 90.0 Å². The molecule has 284 valence electrons. The molecule has 49 heavy (non-hydrogen) atoms. The summed E-state index contributed by atoms with van der Waals surface area (Å²) in [6.07, 6.45) is 49.4. The van der Waals surface area contributed by atoms with Crippen LogP contribution in [-0.4, -0.2) is 12.6 Å². The van der Waals surface area contributed by atoms with Crippen LogP contribution in [0.3, 0.4) is 0 Å². The minimum Gasteiger partial charge on any atom is -0.314 e. The third-order valence-corrected chi connectivity index (χ3v) is 17.2. The van der Waals surface area contributed by atoms with Crippen molar-refractivity contribution in [2.24, 2.45) is 64.6 Å². The molecule has 0 aromatic rings. The van der Waals surface area contributed by atoms with Gasteiger partial charge in [0.1, 0.15) is 0 Å². The van der Waals surface area contributed by atoms with E-state index < -0.39 is 0 Å². The molecule has 1 nitrogen and oxygen atoms in total. The molecule has 12 atom stereocenters. The number of hydrogen-bond donors (Lipinski definition) is 1. The standard InChI is InChI=1S/C48H87N/c1-37-15-13-21-41-25-26-43(33-37)34-42-20-10-12-32-49-39(3)45-22-14-23-46(28-27-44(35-42)36-45)48(31-29-41)30-11-9-19-40-17-6-4-5-16-38(2)47(48)24-8-7-18-40/h37-47,49H,4-36H2,1-3H3. The van der Waals surface area contributed by atoms with E-state index in [0.29, 0.717) is 11.5 Å². The highest BCUT2D eigenvalue weighted by Gasteiger charge is 2.47. The van der Waals surface area contributed by atoms with Crippen LogP contribution in [0, 0.1) is 64.6 Å². The molecule has 6 fully saturated rings. The number of fused-ring (bicyclic) bond motifs is 14. The van der Waals surface area contributed by atoms with Crippen LogP contribution in [0.15, 0.2) is 0 Å². The normalized spacial score (nSPS) is 45.0. The Morgan fingerprint density at radius 2 is 1.02 bits per heavy atom.